The zero-order valence-electron chi connectivity index (χ0n) is 15.1. The first kappa shape index (κ1) is 20.9. The van der Waals surface area contributed by atoms with Gasteiger partial charge < -0.3 is 10.5 Å². The Morgan fingerprint density at radius 2 is 1.92 bits per heavy atom. The summed E-state index contributed by atoms with van der Waals surface area (Å²) >= 11 is 0. The number of rotatable bonds is 8. The molecule has 0 aliphatic rings. The fourth-order valence-electron chi connectivity index (χ4n) is 2.13. The fourth-order valence-corrected chi connectivity index (χ4v) is 2.13. The number of pyridine rings is 1. The van der Waals surface area contributed by atoms with Gasteiger partial charge in [0.05, 0.1) is 13.2 Å². The minimum atomic E-state index is 0.247. The lowest BCUT2D eigenvalue weighted by molar-refractivity contribution is -0.427. The number of benzene rings is 1. The standard InChI is InChI=1S/C17H22N2O.C2H5FO2/c1-3-10-20-17-9-6-14(12-19-17)5-7-15-11-13(2)4-8-16(15)18;1-2-4-5-3/h4,6,8-9,11-12H,3,5,7,10,18H2,1-2H3;2H2,1H3. The van der Waals surface area contributed by atoms with E-state index in [4.69, 9.17) is 10.5 Å². The molecule has 0 radical (unpaired) electrons. The molecule has 1 aromatic heterocycles. The van der Waals surface area contributed by atoms with Crippen LogP contribution in [0.2, 0.25) is 0 Å². The quantitative estimate of drug-likeness (QED) is 0.435. The SMILES string of the molecule is CCCOc1ccc(CCc2cc(C)ccc2N)cn1.CCOOF. The van der Waals surface area contributed by atoms with Gasteiger partial charge >= 0.3 is 0 Å². The van der Waals surface area contributed by atoms with Crippen molar-refractivity contribution in [3.05, 3.63) is 53.2 Å². The molecule has 1 aromatic carbocycles. The number of nitrogen functional groups attached to an aromatic ring is 1. The van der Waals surface area contributed by atoms with Crippen molar-refractivity contribution < 1.29 is 19.2 Å². The molecule has 0 atom stereocenters. The van der Waals surface area contributed by atoms with Crippen molar-refractivity contribution in [3.8, 4) is 5.88 Å². The van der Waals surface area contributed by atoms with E-state index < -0.39 is 0 Å². The topological polar surface area (TPSA) is 66.6 Å². The summed E-state index contributed by atoms with van der Waals surface area (Å²) in [6.45, 7) is 6.76. The van der Waals surface area contributed by atoms with Crippen LogP contribution in [0.25, 0.3) is 0 Å². The lowest BCUT2D eigenvalue weighted by atomic mass is 10.0. The zero-order chi connectivity index (χ0) is 18.5. The third-order valence-electron chi connectivity index (χ3n) is 3.40. The molecule has 138 valence electrons. The smallest absolute Gasteiger partial charge is 0.213 e. The first-order valence-electron chi connectivity index (χ1n) is 8.43. The molecule has 0 aliphatic carbocycles. The second-order valence-electron chi connectivity index (χ2n) is 5.52. The molecule has 2 aromatic rings. The molecule has 0 spiro atoms. The van der Waals surface area contributed by atoms with E-state index in [0.717, 1.165) is 24.9 Å². The number of aryl methyl sites for hydroxylation is 3. The predicted octanol–water partition coefficient (Wildman–Crippen LogP) is 4.39. The third kappa shape index (κ3) is 8.47. The van der Waals surface area contributed by atoms with Gasteiger partial charge in [-0.25, -0.2) is 9.87 Å². The van der Waals surface area contributed by atoms with E-state index in [1.54, 1.807) is 6.92 Å². The van der Waals surface area contributed by atoms with Gasteiger partial charge in [-0.1, -0.05) is 30.7 Å². The molecule has 0 unspecified atom stereocenters. The van der Waals surface area contributed by atoms with Gasteiger partial charge in [0.2, 0.25) is 5.88 Å². The summed E-state index contributed by atoms with van der Waals surface area (Å²) in [6, 6.07) is 10.2. The maximum atomic E-state index is 10.3. The molecule has 6 heteroatoms. The Bertz CT molecular complexity index is 604. The van der Waals surface area contributed by atoms with E-state index in [2.05, 4.69) is 40.9 Å². The summed E-state index contributed by atoms with van der Waals surface area (Å²) in [7, 11) is 0. The molecular weight excluding hydrogens is 323 g/mol. The molecular formula is C19H27FN2O3. The van der Waals surface area contributed by atoms with Crippen LogP contribution in [0.5, 0.6) is 5.88 Å². The molecule has 5 nitrogen and oxygen atoms in total. The van der Waals surface area contributed by atoms with Crippen LogP contribution >= 0.6 is 0 Å². The Labute approximate surface area is 148 Å². The molecule has 0 saturated carbocycles. The van der Waals surface area contributed by atoms with Crippen LogP contribution in [0, 0.1) is 6.92 Å². The van der Waals surface area contributed by atoms with Gasteiger partial charge in [0.25, 0.3) is 0 Å². The maximum Gasteiger partial charge on any atom is 0.213 e. The summed E-state index contributed by atoms with van der Waals surface area (Å²) in [5, 5.41) is 2.69. The van der Waals surface area contributed by atoms with Crippen LogP contribution in [0.3, 0.4) is 0 Å². The molecule has 1 heterocycles. The third-order valence-corrected chi connectivity index (χ3v) is 3.40. The predicted molar refractivity (Wildman–Crippen MR) is 96.8 cm³/mol. The number of ether oxygens (including phenoxy) is 1. The molecule has 0 amide bonds. The normalized spacial score (nSPS) is 10.1. The number of anilines is 1. The lowest BCUT2D eigenvalue weighted by Crippen LogP contribution is -2.00. The number of halogens is 1. The highest BCUT2D eigenvalue weighted by atomic mass is 19.3. The van der Waals surface area contributed by atoms with Crippen molar-refractivity contribution in [2.45, 2.75) is 40.0 Å². The van der Waals surface area contributed by atoms with E-state index in [-0.39, 0.29) is 6.61 Å². The van der Waals surface area contributed by atoms with Gasteiger partial charge in [-0.15, -0.1) is 0 Å². The Morgan fingerprint density at radius 1 is 1.12 bits per heavy atom. The van der Waals surface area contributed by atoms with Crippen LogP contribution < -0.4 is 10.5 Å². The Kier molecular flexibility index (Phi) is 10.2. The minimum Gasteiger partial charge on any atom is -0.478 e. The van der Waals surface area contributed by atoms with Gasteiger partial charge in [0, 0.05) is 18.0 Å². The lowest BCUT2D eigenvalue weighted by Gasteiger charge is -2.08. The minimum absolute atomic E-state index is 0.247. The zero-order valence-corrected chi connectivity index (χ0v) is 15.1. The number of nitrogens with zero attached hydrogens (tertiary/aromatic N) is 1. The molecule has 0 fully saturated rings. The van der Waals surface area contributed by atoms with Crippen LogP contribution in [-0.2, 0) is 22.8 Å². The van der Waals surface area contributed by atoms with Crippen molar-refractivity contribution in [3.63, 3.8) is 0 Å². The summed E-state index contributed by atoms with van der Waals surface area (Å²) in [4.78, 5) is 7.98. The molecule has 25 heavy (non-hydrogen) atoms. The second kappa shape index (κ2) is 12.2. The van der Waals surface area contributed by atoms with Crippen molar-refractivity contribution in [2.75, 3.05) is 18.9 Å². The summed E-state index contributed by atoms with van der Waals surface area (Å²) in [5.41, 5.74) is 10.5. The fraction of sp³-hybridized carbons (Fsp3) is 0.421. The van der Waals surface area contributed by atoms with Crippen LogP contribution in [0.1, 0.15) is 37.0 Å². The first-order valence-corrected chi connectivity index (χ1v) is 8.43. The van der Waals surface area contributed by atoms with Crippen LogP contribution in [0.4, 0.5) is 10.2 Å². The van der Waals surface area contributed by atoms with Crippen LogP contribution in [0.15, 0.2) is 36.5 Å². The van der Waals surface area contributed by atoms with Gasteiger partial charge in [-0.05, 0) is 59.9 Å². The molecule has 2 rings (SSSR count). The average molecular weight is 350 g/mol. The summed E-state index contributed by atoms with van der Waals surface area (Å²) in [6.07, 6.45) is 4.76. The Morgan fingerprint density at radius 3 is 2.48 bits per heavy atom. The van der Waals surface area contributed by atoms with E-state index in [9.17, 15) is 4.53 Å². The van der Waals surface area contributed by atoms with Gasteiger partial charge in [-0.2, -0.15) is 0 Å². The molecule has 0 bridgehead atoms. The number of aromatic nitrogens is 1. The highest BCUT2D eigenvalue weighted by Gasteiger charge is 2.02. The highest BCUT2D eigenvalue weighted by Crippen LogP contribution is 2.17. The summed E-state index contributed by atoms with van der Waals surface area (Å²) in [5.74, 6) is 0.700. The second-order valence-corrected chi connectivity index (χ2v) is 5.52. The van der Waals surface area contributed by atoms with Crippen molar-refractivity contribution in [1.82, 2.24) is 4.98 Å². The van der Waals surface area contributed by atoms with Gasteiger partial charge in [0.1, 0.15) is 0 Å². The van der Waals surface area contributed by atoms with Crippen molar-refractivity contribution >= 4 is 5.69 Å². The Balaban J connectivity index is 0.000000550. The van der Waals surface area contributed by atoms with Gasteiger partial charge in [0.15, 0.2) is 0 Å². The number of hydrogen-bond acceptors (Lipinski definition) is 5. The Hall–Kier alpha value is -2.18. The molecule has 2 N–H and O–H groups in total. The number of nitrogens with two attached hydrogens (primary N) is 1. The van der Waals surface area contributed by atoms with E-state index in [0.29, 0.717) is 12.5 Å². The summed E-state index contributed by atoms with van der Waals surface area (Å²) < 4.78 is 15.7. The first-order chi connectivity index (χ1) is 12.1. The molecule has 0 saturated heterocycles. The maximum absolute atomic E-state index is 10.3. The molecule has 0 aliphatic heterocycles. The van der Waals surface area contributed by atoms with Gasteiger partial charge in [-0.3, -0.25) is 0 Å². The van der Waals surface area contributed by atoms with E-state index >= 15 is 0 Å². The monoisotopic (exact) mass is 350 g/mol. The van der Waals surface area contributed by atoms with Crippen molar-refractivity contribution in [2.24, 2.45) is 0 Å². The van der Waals surface area contributed by atoms with Crippen molar-refractivity contribution in [1.29, 1.82) is 0 Å². The largest absolute Gasteiger partial charge is 0.478 e. The van der Waals surface area contributed by atoms with E-state index in [1.807, 2.05) is 24.4 Å². The van der Waals surface area contributed by atoms with Crippen LogP contribution in [-0.4, -0.2) is 18.2 Å². The highest BCUT2D eigenvalue weighted by molar-refractivity contribution is 5.48. The average Bonchev–Trinajstić information content (AvgIpc) is 2.63. The van der Waals surface area contributed by atoms with E-state index in [1.165, 1.54) is 16.7 Å². The number of hydrogen-bond donors (Lipinski definition) is 1.